The Balaban J connectivity index is 1.51. The van der Waals surface area contributed by atoms with Crippen LogP contribution in [0.25, 0.3) is 0 Å². The van der Waals surface area contributed by atoms with Crippen LogP contribution in [0.3, 0.4) is 0 Å². The van der Waals surface area contributed by atoms with Gasteiger partial charge in [0, 0.05) is 0 Å². The highest BCUT2D eigenvalue weighted by Gasteiger charge is 2.54. The normalized spacial score (nSPS) is 26.7. The number of aliphatic hydroxyl groups excluding tert-OH is 1. The van der Waals surface area contributed by atoms with Crippen molar-refractivity contribution in [1.29, 1.82) is 0 Å². The molecule has 0 amide bonds. The summed E-state index contributed by atoms with van der Waals surface area (Å²) < 4.78 is 24.4. The maximum Gasteiger partial charge on any atom is 0.190 e. The minimum atomic E-state index is -0.869. The number of benzene rings is 3. The third-order valence-corrected chi connectivity index (χ3v) is 6.12. The summed E-state index contributed by atoms with van der Waals surface area (Å²) in [5, 5.41) is 10.9. The lowest BCUT2D eigenvalue weighted by molar-refractivity contribution is -0.223. The standard InChI is InChI=1S/C27H28O5/c1-26(2)31-24-23(28)22(30-25(24)32-26)18-29-27(19-12-6-3-7-13-19,20-14-8-4-9-15-20)21-16-10-5-11-17-21/h3-17,22-25,28H,18H2,1-2H3/t22-,23+,24-,25-/m1/s1. The Morgan fingerprint density at radius 2 is 1.25 bits per heavy atom. The van der Waals surface area contributed by atoms with Crippen LogP contribution in [0.1, 0.15) is 30.5 Å². The van der Waals surface area contributed by atoms with E-state index in [1.165, 1.54) is 0 Å². The first-order valence-electron chi connectivity index (χ1n) is 11.0. The summed E-state index contributed by atoms with van der Waals surface area (Å²) in [6.07, 6.45) is -2.55. The van der Waals surface area contributed by atoms with Crippen LogP contribution in [0.4, 0.5) is 0 Å². The van der Waals surface area contributed by atoms with Gasteiger partial charge in [0.05, 0.1) is 6.61 Å². The fraction of sp³-hybridized carbons (Fsp3) is 0.333. The number of fused-ring (bicyclic) bond motifs is 1. The quantitative estimate of drug-likeness (QED) is 0.591. The van der Waals surface area contributed by atoms with Gasteiger partial charge in [-0.3, -0.25) is 0 Å². The molecule has 5 nitrogen and oxygen atoms in total. The molecule has 0 spiro atoms. The number of aliphatic hydroxyl groups is 1. The zero-order valence-electron chi connectivity index (χ0n) is 18.3. The summed E-state index contributed by atoms with van der Waals surface area (Å²) in [6.45, 7) is 3.80. The molecule has 0 unspecified atom stereocenters. The number of rotatable bonds is 6. The zero-order valence-corrected chi connectivity index (χ0v) is 18.3. The molecular weight excluding hydrogens is 404 g/mol. The van der Waals surface area contributed by atoms with E-state index in [0.29, 0.717) is 0 Å². The van der Waals surface area contributed by atoms with Gasteiger partial charge in [-0.1, -0.05) is 91.0 Å². The molecule has 0 saturated carbocycles. The van der Waals surface area contributed by atoms with Gasteiger partial charge in [0.1, 0.15) is 23.9 Å². The van der Waals surface area contributed by atoms with Crippen molar-refractivity contribution in [2.45, 2.75) is 49.8 Å². The van der Waals surface area contributed by atoms with Crippen molar-refractivity contribution in [3.63, 3.8) is 0 Å². The van der Waals surface area contributed by atoms with E-state index in [1.807, 2.05) is 68.4 Å². The molecule has 0 aromatic heterocycles. The van der Waals surface area contributed by atoms with Crippen LogP contribution in [0.5, 0.6) is 0 Å². The second-order valence-corrected chi connectivity index (χ2v) is 8.72. The molecule has 2 fully saturated rings. The minimum Gasteiger partial charge on any atom is -0.387 e. The second-order valence-electron chi connectivity index (χ2n) is 8.72. The molecule has 2 aliphatic heterocycles. The topological polar surface area (TPSA) is 57.2 Å². The van der Waals surface area contributed by atoms with E-state index in [0.717, 1.165) is 16.7 Å². The lowest BCUT2D eigenvalue weighted by Crippen LogP contribution is -2.40. The first-order chi connectivity index (χ1) is 15.5. The van der Waals surface area contributed by atoms with E-state index < -0.39 is 36.0 Å². The van der Waals surface area contributed by atoms with Crippen LogP contribution < -0.4 is 0 Å². The van der Waals surface area contributed by atoms with Crippen LogP contribution in [-0.4, -0.2) is 42.1 Å². The molecule has 166 valence electrons. The summed E-state index contributed by atoms with van der Waals surface area (Å²) in [4.78, 5) is 0. The van der Waals surface area contributed by atoms with Crippen LogP contribution in [0.2, 0.25) is 0 Å². The van der Waals surface area contributed by atoms with Crippen molar-refractivity contribution in [2.75, 3.05) is 6.61 Å². The monoisotopic (exact) mass is 432 g/mol. The molecular formula is C27H28O5. The van der Waals surface area contributed by atoms with Crippen LogP contribution >= 0.6 is 0 Å². The Labute approximate surface area is 188 Å². The van der Waals surface area contributed by atoms with Gasteiger partial charge >= 0.3 is 0 Å². The van der Waals surface area contributed by atoms with Gasteiger partial charge in [0.2, 0.25) is 0 Å². The van der Waals surface area contributed by atoms with Gasteiger partial charge < -0.3 is 24.1 Å². The molecule has 3 aromatic rings. The first-order valence-corrected chi connectivity index (χ1v) is 11.0. The smallest absolute Gasteiger partial charge is 0.190 e. The Morgan fingerprint density at radius 3 is 1.69 bits per heavy atom. The lowest BCUT2D eigenvalue weighted by atomic mass is 9.80. The van der Waals surface area contributed by atoms with Crippen molar-refractivity contribution in [3.05, 3.63) is 108 Å². The summed E-state index contributed by atoms with van der Waals surface area (Å²) in [5.41, 5.74) is 2.13. The van der Waals surface area contributed by atoms with Gasteiger partial charge in [-0.25, -0.2) is 0 Å². The minimum absolute atomic E-state index is 0.167. The Hall–Kier alpha value is -2.54. The third-order valence-electron chi connectivity index (χ3n) is 6.12. The van der Waals surface area contributed by atoms with Crippen molar-refractivity contribution < 1.29 is 24.1 Å². The molecule has 0 bridgehead atoms. The molecule has 5 rings (SSSR count). The predicted octanol–water partition coefficient (Wildman–Crippen LogP) is 4.23. The molecule has 0 aliphatic carbocycles. The van der Waals surface area contributed by atoms with Crippen LogP contribution in [0.15, 0.2) is 91.0 Å². The molecule has 5 heteroatoms. The third kappa shape index (κ3) is 3.76. The Morgan fingerprint density at radius 1 is 0.781 bits per heavy atom. The molecule has 4 atom stereocenters. The Bertz CT molecular complexity index is 925. The maximum atomic E-state index is 10.9. The maximum absolute atomic E-state index is 10.9. The van der Waals surface area contributed by atoms with E-state index >= 15 is 0 Å². The molecule has 3 aromatic carbocycles. The summed E-state index contributed by atoms with van der Waals surface area (Å²) >= 11 is 0. The lowest BCUT2D eigenvalue weighted by Gasteiger charge is -2.37. The summed E-state index contributed by atoms with van der Waals surface area (Å²) in [6, 6.07) is 30.4. The molecule has 2 heterocycles. The van der Waals surface area contributed by atoms with Gasteiger partial charge in [-0.05, 0) is 30.5 Å². The average Bonchev–Trinajstić information content (AvgIpc) is 3.28. The predicted molar refractivity (Wildman–Crippen MR) is 120 cm³/mol. The molecule has 2 aliphatic rings. The highest BCUT2D eigenvalue weighted by atomic mass is 16.8. The summed E-state index contributed by atoms with van der Waals surface area (Å²) in [7, 11) is 0. The van der Waals surface area contributed by atoms with Crippen LogP contribution in [0, 0.1) is 0 Å². The van der Waals surface area contributed by atoms with E-state index in [2.05, 4.69) is 36.4 Å². The van der Waals surface area contributed by atoms with E-state index in [4.69, 9.17) is 18.9 Å². The fourth-order valence-electron chi connectivity index (χ4n) is 4.67. The summed E-state index contributed by atoms with van der Waals surface area (Å²) in [5.74, 6) is -0.774. The highest BCUT2D eigenvalue weighted by Crippen LogP contribution is 2.42. The zero-order chi connectivity index (χ0) is 22.2. The van der Waals surface area contributed by atoms with E-state index in [9.17, 15) is 5.11 Å². The largest absolute Gasteiger partial charge is 0.387 e. The van der Waals surface area contributed by atoms with E-state index in [1.54, 1.807) is 0 Å². The molecule has 1 N–H and O–H groups in total. The highest BCUT2D eigenvalue weighted by molar-refractivity contribution is 5.47. The van der Waals surface area contributed by atoms with Gasteiger partial charge in [0.15, 0.2) is 12.1 Å². The second kappa shape index (κ2) is 8.43. The molecule has 2 saturated heterocycles. The van der Waals surface area contributed by atoms with Crippen molar-refractivity contribution >= 4 is 0 Å². The van der Waals surface area contributed by atoms with Gasteiger partial charge in [0.25, 0.3) is 0 Å². The van der Waals surface area contributed by atoms with E-state index in [-0.39, 0.29) is 6.61 Å². The van der Waals surface area contributed by atoms with Crippen molar-refractivity contribution in [3.8, 4) is 0 Å². The van der Waals surface area contributed by atoms with Crippen LogP contribution in [-0.2, 0) is 24.5 Å². The molecule has 0 radical (unpaired) electrons. The number of hydrogen-bond acceptors (Lipinski definition) is 5. The molecule has 32 heavy (non-hydrogen) atoms. The SMILES string of the molecule is CC1(C)O[C@H]2O[C@H](COC(c3ccccc3)(c3ccccc3)c3ccccc3)[C@H](O)[C@H]2O1. The van der Waals surface area contributed by atoms with Crippen molar-refractivity contribution in [1.82, 2.24) is 0 Å². The van der Waals surface area contributed by atoms with Gasteiger partial charge in [-0.15, -0.1) is 0 Å². The number of ether oxygens (including phenoxy) is 4. The Kier molecular flexibility index (Phi) is 5.61. The fourth-order valence-corrected chi connectivity index (χ4v) is 4.67. The number of hydrogen-bond donors (Lipinski definition) is 1. The average molecular weight is 433 g/mol. The van der Waals surface area contributed by atoms with Crippen molar-refractivity contribution in [2.24, 2.45) is 0 Å². The van der Waals surface area contributed by atoms with Gasteiger partial charge in [-0.2, -0.15) is 0 Å². The first kappa shape index (κ1) is 21.3.